The first-order valence-electron chi connectivity index (χ1n) is 6.58. The second-order valence-electron chi connectivity index (χ2n) is 4.35. The summed E-state index contributed by atoms with van der Waals surface area (Å²) in [4.78, 5) is 12.9. The number of carbonyl (C=O) groups excluding carboxylic acids is 1. The van der Waals surface area contributed by atoms with Crippen LogP contribution in [0.15, 0.2) is 0 Å². The quantitative estimate of drug-likeness (QED) is 0.585. The van der Waals surface area contributed by atoms with Crippen LogP contribution < -0.4 is 0 Å². The second-order valence-corrected chi connectivity index (χ2v) is 4.35. The Morgan fingerprint density at radius 1 is 1.00 bits per heavy atom. The molecule has 0 fully saturated rings. The van der Waals surface area contributed by atoms with Crippen molar-refractivity contribution < 1.29 is 9.90 Å². The van der Waals surface area contributed by atoms with Crippen molar-refractivity contribution in [2.24, 2.45) is 0 Å². The third-order valence-corrected chi connectivity index (χ3v) is 2.85. The number of rotatable bonds is 10. The van der Waals surface area contributed by atoms with Crippen LogP contribution in [0.5, 0.6) is 0 Å². The van der Waals surface area contributed by atoms with Gasteiger partial charge in [0, 0.05) is 20.0 Å². The maximum absolute atomic E-state index is 11.2. The van der Waals surface area contributed by atoms with E-state index in [1.54, 1.807) is 11.8 Å². The van der Waals surface area contributed by atoms with E-state index in [1.165, 1.54) is 38.5 Å². The molecule has 0 bridgehead atoms. The van der Waals surface area contributed by atoms with Gasteiger partial charge in [0.05, 0.1) is 6.61 Å². The highest BCUT2D eigenvalue weighted by Gasteiger charge is 2.06. The van der Waals surface area contributed by atoms with Crippen molar-refractivity contribution in [2.45, 2.75) is 58.8 Å². The van der Waals surface area contributed by atoms with Crippen LogP contribution in [0.1, 0.15) is 58.8 Å². The fourth-order valence-electron chi connectivity index (χ4n) is 1.81. The minimum atomic E-state index is 0.0656. The predicted molar refractivity (Wildman–Crippen MR) is 67.3 cm³/mol. The zero-order chi connectivity index (χ0) is 12.2. The highest BCUT2D eigenvalue weighted by atomic mass is 16.3. The summed E-state index contributed by atoms with van der Waals surface area (Å²) in [6, 6.07) is 0. The fraction of sp³-hybridized carbons (Fsp3) is 0.923. The van der Waals surface area contributed by atoms with Crippen molar-refractivity contribution in [2.75, 3.05) is 19.7 Å². The Morgan fingerprint density at radius 3 is 2.06 bits per heavy atom. The second kappa shape index (κ2) is 10.9. The molecule has 0 radical (unpaired) electrons. The third-order valence-electron chi connectivity index (χ3n) is 2.85. The Morgan fingerprint density at radius 2 is 1.56 bits per heavy atom. The number of carbonyl (C=O) groups is 1. The zero-order valence-corrected chi connectivity index (χ0v) is 10.9. The monoisotopic (exact) mass is 229 g/mol. The lowest BCUT2D eigenvalue weighted by Crippen LogP contribution is -2.32. The highest BCUT2D eigenvalue weighted by Crippen LogP contribution is 2.07. The molecular weight excluding hydrogens is 202 g/mol. The van der Waals surface area contributed by atoms with E-state index >= 15 is 0 Å². The van der Waals surface area contributed by atoms with Crippen LogP contribution in [0.2, 0.25) is 0 Å². The molecule has 0 saturated carbocycles. The van der Waals surface area contributed by atoms with E-state index in [9.17, 15) is 4.79 Å². The lowest BCUT2D eigenvalue weighted by molar-refractivity contribution is -0.129. The van der Waals surface area contributed by atoms with E-state index in [-0.39, 0.29) is 12.5 Å². The number of nitrogens with zero attached hydrogens (tertiary/aromatic N) is 1. The summed E-state index contributed by atoms with van der Waals surface area (Å²) in [5, 5.41) is 8.79. The largest absolute Gasteiger partial charge is 0.395 e. The Hall–Kier alpha value is -0.570. The minimum absolute atomic E-state index is 0.0656. The van der Waals surface area contributed by atoms with E-state index < -0.39 is 0 Å². The number of hydrogen-bond donors (Lipinski definition) is 1. The Kier molecular flexibility index (Phi) is 10.5. The molecule has 1 amide bonds. The van der Waals surface area contributed by atoms with Gasteiger partial charge in [-0.1, -0.05) is 45.4 Å². The molecule has 3 heteroatoms. The van der Waals surface area contributed by atoms with Crippen LogP contribution >= 0.6 is 0 Å². The Balaban J connectivity index is 3.37. The van der Waals surface area contributed by atoms with Gasteiger partial charge in [0.2, 0.25) is 5.91 Å². The van der Waals surface area contributed by atoms with Crippen LogP contribution in [-0.2, 0) is 4.79 Å². The lowest BCUT2D eigenvalue weighted by Gasteiger charge is -2.19. The van der Waals surface area contributed by atoms with E-state index in [0.717, 1.165) is 13.0 Å². The summed E-state index contributed by atoms with van der Waals surface area (Å²) < 4.78 is 0. The molecule has 3 nitrogen and oxygen atoms in total. The summed E-state index contributed by atoms with van der Waals surface area (Å²) in [6.07, 6.45) is 8.80. The maximum atomic E-state index is 11.2. The maximum Gasteiger partial charge on any atom is 0.219 e. The summed E-state index contributed by atoms with van der Waals surface area (Å²) in [5.41, 5.74) is 0. The smallest absolute Gasteiger partial charge is 0.219 e. The molecule has 0 heterocycles. The van der Waals surface area contributed by atoms with Crippen molar-refractivity contribution in [3.63, 3.8) is 0 Å². The standard InChI is InChI=1S/C13H27NO2/c1-3-4-5-6-7-8-9-10-14(11-12-15)13(2)16/h15H,3-12H2,1-2H3. The molecular formula is C13H27NO2. The van der Waals surface area contributed by atoms with Gasteiger partial charge in [-0.25, -0.2) is 0 Å². The molecule has 0 aromatic rings. The molecule has 0 aliphatic rings. The van der Waals surface area contributed by atoms with Crippen LogP contribution in [0.3, 0.4) is 0 Å². The Bertz CT molecular complexity index is 171. The minimum Gasteiger partial charge on any atom is -0.395 e. The summed E-state index contributed by atoms with van der Waals surface area (Å²) >= 11 is 0. The van der Waals surface area contributed by atoms with Gasteiger partial charge >= 0.3 is 0 Å². The molecule has 1 N–H and O–H groups in total. The average molecular weight is 229 g/mol. The number of aliphatic hydroxyl groups excluding tert-OH is 1. The first-order chi connectivity index (χ1) is 7.72. The molecule has 0 unspecified atom stereocenters. The molecule has 0 rings (SSSR count). The van der Waals surface area contributed by atoms with Crippen molar-refractivity contribution in [1.82, 2.24) is 4.90 Å². The van der Waals surface area contributed by atoms with Crippen molar-refractivity contribution in [3.8, 4) is 0 Å². The molecule has 0 aliphatic heterocycles. The van der Waals surface area contributed by atoms with Crippen LogP contribution in [-0.4, -0.2) is 35.6 Å². The van der Waals surface area contributed by atoms with Crippen LogP contribution in [0, 0.1) is 0 Å². The Labute approximate surface area is 99.8 Å². The van der Waals surface area contributed by atoms with E-state index in [4.69, 9.17) is 5.11 Å². The molecule has 16 heavy (non-hydrogen) atoms. The van der Waals surface area contributed by atoms with Gasteiger partial charge in [0.15, 0.2) is 0 Å². The van der Waals surface area contributed by atoms with E-state index in [2.05, 4.69) is 6.92 Å². The third kappa shape index (κ3) is 8.72. The van der Waals surface area contributed by atoms with Crippen molar-refractivity contribution in [3.05, 3.63) is 0 Å². The molecule has 0 aromatic carbocycles. The fourth-order valence-corrected chi connectivity index (χ4v) is 1.81. The zero-order valence-electron chi connectivity index (χ0n) is 10.9. The highest BCUT2D eigenvalue weighted by molar-refractivity contribution is 5.73. The summed E-state index contributed by atoms with van der Waals surface area (Å²) in [7, 11) is 0. The van der Waals surface area contributed by atoms with Crippen LogP contribution in [0.25, 0.3) is 0 Å². The SMILES string of the molecule is CCCCCCCCCN(CCO)C(C)=O. The number of hydrogen-bond acceptors (Lipinski definition) is 2. The van der Waals surface area contributed by atoms with Crippen molar-refractivity contribution >= 4 is 5.91 Å². The van der Waals surface area contributed by atoms with Gasteiger partial charge < -0.3 is 10.0 Å². The van der Waals surface area contributed by atoms with Gasteiger partial charge in [-0.2, -0.15) is 0 Å². The van der Waals surface area contributed by atoms with Gasteiger partial charge in [0.1, 0.15) is 0 Å². The van der Waals surface area contributed by atoms with Crippen molar-refractivity contribution in [1.29, 1.82) is 0 Å². The summed E-state index contributed by atoms with van der Waals surface area (Å²) in [5.74, 6) is 0.0695. The van der Waals surface area contributed by atoms with E-state index in [0.29, 0.717) is 6.54 Å². The molecule has 0 atom stereocenters. The number of amides is 1. The van der Waals surface area contributed by atoms with Crippen LogP contribution in [0.4, 0.5) is 0 Å². The molecule has 0 aliphatic carbocycles. The molecule has 96 valence electrons. The van der Waals surface area contributed by atoms with Gasteiger partial charge in [0.25, 0.3) is 0 Å². The first kappa shape index (κ1) is 15.4. The topological polar surface area (TPSA) is 40.5 Å². The van der Waals surface area contributed by atoms with Gasteiger partial charge in [-0.15, -0.1) is 0 Å². The first-order valence-corrected chi connectivity index (χ1v) is 6.58. The normalized spacial score (nSPS) is 10.4. The van der Waals surface area contributed by atoms with Gasteiger partial charge in [-0.3, -0.25) is 4.79 Å². The lowest BCUT2D eigenvalue weighted by atomic mass is 10.1. The number of unbranched alkanes of at least 4 members (excludes halogenated alkanes) is 6. The molecule has 0 spiro atoms. The number of aliphatic hydroxyl groups is 1. The average Bonchev–Trinajstić information content (AvgIpc) is 2.26. The van der Waals surface area contributed by atoms with E-state index in [1.807, 2.05) is 0 Å². The summed E-state index contributed by atoms with van der Waals surface area (Å²) in [6.45, 7) is 5.13. The predicted octanol–water partition coefficient (Wildman–Crippen LogP) is 2.58. The molecule has 0 aromatic heterocycles. The van der Waals surface area contributed by atoms with Gasteiger partial charge in [-0.05, 0) is 6.42 Å². The molecule has 0 saturated heterocycles.